The molecule has 1 fully saturated rings. The minimum atomic E-state index is -4.28. The van der Waals surface area contributed by atoms with Gasteiger partial charge in [0, 0.05) is 17.8 Å². The van der Waals surface area contributed by atoms with E-state index in [0.29, 0.717) is 19.3 Å². The number of halogens is 4. The summed E-state index contributed by atoms with van der Waals surface area (Å²) >= 11 is 5.65. The SMILES string of the molecule is CC(Cl)CNC(=O)C1CCCCC1C(F)(F)F. The molecule has 100 valence electrons. The van der Waals surface area contributed by atoms with Gasteiger partial charge in [-0.25, -0.2) is 0 Å². The molecule has 3 atom stereocenters. The molecule has 0 spiro atoms. The summed E-state index contributed by atoms with van der Waals surface area (Å²) in [6.45, 7) is 1.89. The third-order valence-corrected chi connectivity index (χ3v) is 3.24. The van der Waals surface area contributed by atoms with Crippen molar-refractivity contribution in [3.05, 3.63) is 0 Å². The summed E-state index contributed by atoms with van der Waals surface area (Å²) in [4.78, 5) is 11.7. The van der Waals surface area contributed by atoms with Crippen LogP contribution in [0.3, 0.4) is 0 Å². The molecule has 1 amide bonds. The van der Waals surface area contributed by atoms with E-state index < -0.39 is 23.9 Å². The molecule has 3 unspecified atom stereocenters. The van der Waals surface area contributed by atoms with Crippen molar-refractivity contribution in [2.45, 2.75) is 44.2 Å². The average Bonchev–Trinajstić information content (AvgIpc) is 2.24. The Kier molecular flexibility index (Phi) is 5.10. The predicted molar refractivity (Wildman–Crippen MR) is 59.8 cm³/mol. The van der Waals surface area contributed by atoms with Crippen LogP contribution in [0.4, 0.5) is 13.2 Å². The first-order valence-corrected chi connectivity index (χ1v) is 6.24. The van der Waals surface area contributed by atoms with Crippen LogP contribution in [0.25, 0.3) is 0 Å². The zero-order valence-corrected chi connectivity index (χ0v) is 10.4. The lowest BCUT2D eigenvalue weighted by molar-refractivity contribution is -0.198. The van der Waals surface area contributed by atoms with Gasteiger partial charge < -0.3 is 5.32 Å². The molecule has 0 aromatic rings. The fourth-order valence-corrected chi connectivity index (χ4v) is 2.29. The van der Waals surface area contributed by atoms with Gasteiger partial charge in [-0.1, -0.05) is 12.8 Å². The predicted octanol–water partition coefficient (Wildman–Crippen LogP) is 3.10. The number of nitrogens with one attached hydrogen (secondary N) is 1. The summed E-state index contributed by atoms with van der Waals surface area (Å²) < 4.78 is 38.2. The highest BCUT2D eigenvalue weighted by Gasteiger charge is 2.47. The fraction of sp³-hybridized carbons (Fsp3) is 0.909. The first kappa shape index (κ1) is 14.6. The minimum absolute atomic E-state index is 0.0536. The van der Waals surface area contributed by atoms with Crippen molar-refractivity contribution in [2.75, 3.05) is 6.54 Å². The van der Waals surface area contributed by atoms with Crippen molar-refractivity contribution in [2.24, 2.45) is 11.8 Å². The van der Waals surface area contributed by atoms with E-state index in [-0.39, 0.29) is 18.3 Å². The second-order valence-corrected chi connectivity index (χ2v) is 5.31. The average molecular weight is 272 g/mol. The molecule has 0 heterocycles. The quantitative estimate of drug-likeness (QED) is 0.785. The molecule has 0 aromatic heterocycles. The highest BCUT2D eigenvalue weighted by Crippen LogP contribution is 2.41. The van der Waals surface area contributed by atoms with Crippen molar-refractivity contribution in [1.29, 1.82) is 0 Å². The number of carbonyl (C=O) groups excluding carboxylic acids is 1. The number of hydrogen-bond acceptors (Lipinski definition) is 1. The van der Waals surface area contributed by atoms with Crippen LogP contribution in [0.2, 0.25) is 0 Å². The van der Waals surface area contributed by atoms with Gasteiger partial charge in [-0.2, -0.15) is 13.2 Å². The van der Waals surface area contributed by atoms with E-state index in [1.165, 1.54) is 0 Å². The Balaban J connectivity index is 2.61. The zero-order chi connectivity index (χ0) is 13.1. The van der Waals surface area contributed by atoms with E-state index in [2.05, 4.69) is 5.32 Å². The topological polar surface area (TPSA) is 29.1 Å². The molecular formula is C11H17ClF3NO. The van der Waals surface area contributed by atoms with Gasteiger partial charge in [0.05, 0.1) is 5.92 Å². The third-order valence-electron chi connectivity index (χ3n) is 3.08. The van der Waals surface area contributed by atoms with Gasteiger partial charge in [-0.3, -0.25) is 4.79 Å². The van der Waals surface area contributed by atoms with E-state index in [9.17, 15) is 18.0 Å². The largest absolute Gasteiger partial charge is 0.392 e. The summed E-state index contributed by atoms with van der Waals surface area (Å²) in [5, 5.41) is 2.21. The van der Waals surface area contributed by atoms with E-state index in [0.717, 1.165) is 0 Å². The summed E-state index contributed by atoms with van der Waals surface area (Å²) in [5.74, 6) is -2.96. The second-order valence-electron chi connectivity index (χ2n) is 4.56. The zero-order valence-electron chi connectivity index (χ0n) is 9.69. The maximum atomic E-state index is 12.7. The fourth-order valence-electron chi connectivity index (χ4n) is 2.21. The third kappa shape index (κ3) is 4.37. The van der Waals surface area contributed by atoms with Crippen LogP contribution >= 0.6 is 11.6 Å². The van der Waals surface area contributed by atoms with Crippen molar-refractivity contribution >= 4 is 17.5 Å². The van der Waals surface area contributed by atoms with E-state index in [4.69, 9.17) is 11.6 Å². The van der Waals surface area contributed by atoms with Gasteiger partial charge >= 0.3 is 6.18 Å². The highest BCUT2D eigenvalue weighted by molar-refractivity contribution is 6.20. The molecular weight excluding hydrogens is 255 g/mol. The molecule has 1 rings (SSSR count). The number of rotatable bonds is 3. The molecule has 0 aromatic carbocycles. The molecule has 1 saturated carbocycles. The van der Waals surface area contributed by atoms with Gasteiger partial charge in [0.25, 0.3) is 0 Å². The smallest absolute Gasteiger partial charge is 0.354 e. The van der Waals surface area contributed by atoms with Crippen molar-refractivity contribution in [3.63, 3.8) is 0 Å². The minimum Gasteiger partial charge on any atom is -0.354 e. The van der Waals surface area contributed by atoms with Crippen molar-refractivity contribution in [1.82, 2.24) is 5.32 Å². The van der Waals surface area contributed by atoms with Crippen LogP contribution in [-0.4, -0.2) is 24.0 Å². The lowest BCUT2D eigenvalue weighted by Gasteiger charge is -2.32. The standard InChI is InChI=1S/C11H17ClF3NO/c1-7(12)6-16-10(17)8-4-2-3-5-9(8)11(13,14)15/h7-9H,2-6H2,1H3,(H,16,17). The first-order valence-electron chi connectivity index (χ1n) is 5.81. The van der Waals surface area contributed by atoms with E-state index in [1.807, 2.05) is 0 Å². The molecule has 0 bridgehead atoms. The first-order chi connectivity index (χ1) is 7.82. The van der Waals surface area contributed by atoms with Crippen LogP contribution < -0.4 is 5.32 Å². The summed E-state index contributed by atoms with van der Waals surface area (Å²) in [6, 6.07) is 0. The molecule has 2 nitrogen and oxygen atoms in total. The van der Waals surface area contributed by atoms with Crippen LogP contribution in [0.1, 0.15) is 32.6 Å². The van der Waals surface area contributed by atoms with Gasteiger partial charge in [0.2, 0.25) is 5.91 Å². The summed E-state index contributed by atoms with van der Waals surface area (Å²) in [6.07, 6.45) is -2.69. The number of amides is 1. The van der Waals surface area contributed by atoms with Crippen LogP contribution in [0.15, 0.2) is 0 Å². The number of hydrogen-bond donors (Lipinski definition) is 1. The highest BCUT2D eigenvalue weighted by atomic mass is 35.5. The second kappa shape index (κ2) is 5.94. The summed E-state index contributed by atoms with van der Waals surface area (Å²) in [5.41, 5.74) is 0. The molecule has 1 aliphatic carbocycles. The van der Waals surface area contributed by atoms with Crippen molar-refractivity contribution in [3.8, 4) is 0 Å². The number of alkyl halides is 4. The molecule has 6 heteroatoms. The summed E-state index contributed by atoms with van der Waals surface area (Å²) in [7, 11) is 0. The van der Waals surface area contributed by atoms with Gasteiger partial charge in [0.15, 0.2) is 0 Å². The Morgan fingerprint density at radius 2 is 2.00 bits per heavy atom. The Labute approximate surface area is 104 Å². The molecule has 0 saturated heterocycles. The van der Waals surface area contributed by atoms with Crippen LogP contribution in [0.5, 0.6) is 0 Å². The molecule has 1 aliphatic rings. The van der Waals surface area contributed by atoms with Gasteiger partial charge in [-0.05, 0) is 19.8 Å². The monoisotopic (exact) mass is 271 g/mol. The Morgan fingerprint density at radius 1 is 1.41 bits per heavy atom. The van der Waals surface area contributed by atoms with Crippen LogP contribution in [-0.2, 0) is 4.79 Å². The Morgan fingerprint density at radius 3 is 2.53 bits per heavy atom. The van der Waals surface area contributed by atoms with Crippen LogP contribution in [0, 0.1) is 11.8 Å². The lowest BCUT2D eigenvalue weighted by Crippen LogP contribution is -2.43. The van der Waals surface area contributed by atoms with E-state index >= 15 is 0 Å². The Hall–Kier alpha value is -0.450. The maximum Gasteiger partial charge on any atom is 0.392 e. The van der Waals surface area contributed by atoms with E-state index in [1.54, 1.807) is 6.92 Å². The molecule has 17 heavy (non-hydrogen) atoms. The van der Waals surface area contributed by atoms with Gasteiger partial charge in [0.1, 0.15) is 0 Å². The normalized spacial score (nSPS) is 27.6. The number of carbonyl (C=O) groups is 1. The molecule has 0 radical (unpaired) electrons. The maximum absolute atomic E-state index is 12.7. The Bertz CT molecular complexity index is 268. The van der Waals surface area contributed by atoms with Gasteiger partial charge in [-0.15, -0.1) is 11.6 Å². The molecule has 0 aliphatic heterocycles. The molecule has 1 N–H and O–H groups in total. The van der Waals surface area contributed by atoms with Crippen molar-refractivity contribution < 1.29 is 18.0 Å². The lowest BCUT2D eigenvalue weighted by atomic mass is 9.78.